The number of carbonyl (C=O) groups is 1. The fourth-order valence-electron chi connectivity index (χ4n) is 3.79. The fourth-order valence-corrected chi connectivity index (χ4v) is 3.90. The summed E-state index contributed by atoms with van der Waals surface area (Å²) in [5.41, 5.74) is -0.896. The number of benzene rings is 2. The van der Waals surface area contributed by atoms with Crippen LogP contribution in [0.2, 0.25) is 5.02 Å². The molecular formula is C26H22ClF8N3O2. The monoisotopic (exact) mass is 595 g/mol. The Morgan fingerprint density at radius 2 is 1.70 bits per heavy atom. The molecule has 5 nitrogen and oxygen atoms in total. The molecule has 0 radical (unpaired) electrons. The van der Waals surface area contributed by atoms with Gasteiger partial charge in [0.15, 0.2) is 0 Å². The van der Waals surface area contributed by atoms with Crippen molar-refractivity contribution in [1.29, 1.82) is 0 Å². The highest BCUT2D eigenvalue weighted by Crippen LogP contribution is 2.37. The van der Waals surface area contributed by atoms with Crippen molar-refractivity contribution in [1.82, 2.24) is 15.6 Å². The van der Waals surface area contributed by atoms with Gasteiger partial charge in [-0.15, -0.1) is 0 Å². The van der Waals surface area contributed by atoms with Gasteiger partial charge in [-0.2, -0.15) is 30.7 Å². The molecule has 0 bridgehead atoms. The summed E-state index contributed by atoms with van der Waals surface area (Å²) < 4.78 is 110. The molecule has 0 saturated heterocycles. The third-order valence-electron chi connectivity index (χ3n) is 5.65. The molecule has 2 aromatic carbocycles. The van der Waals surface area contributed by atoms with E-state index in [0.717, 1.165) is 17.7 Å². The number of hydrogen-bond acceptors (Lipinski definition) is 3. The number of pyridine rings is 1. The van der Waals surface area contributed by atoms with Crippen LogP contribution in [0.25, 0.3) is 0 Å². The third-order valence-corrected chi connectivity index (χ3v) is 5.87. The topological polar surface area (TPSA) is 63.2 Å². The summed E-state index contributed by atoms with van der Waals surface area (Å²) in [7, 11) is 0. The van der Waals surface area contributed by atoms with Gasteiger partial charge in [0, 0.05) is 25.2 Å². The van der Waals surface area contributed by atoms with Crippen LogP contribution in [0.4, 0.5) is 39.9 Å². The summed E-state index contributed by atoms with van der Waals surface area (Å²) in [4.78, 5) is 17.1. The molecule has 0 aliphatic carbocycles. The molecule has 2 N–H and O–H groups in total. The summed E-state index contributed by atoms with van der Waals surface area (Å²) in [5.74, 6) is -2.19. The van der Waals surface area contributed by atoms with Gasteiger partial charge in [-0.05, 0) is 42.3 Å². The second kappa shape index (κ2) is 12.3. The van der Waals surface area contributed by atoms with Crippen molar-refractivity contribution in [3.8, 4) is 5.75 Å². The highest BCUT2D eigenvalue weighted by Gasteiger charge is 2.45. The van der Waals surface area contributed by atoms with Crippen molar-refractivity contribution in [2.45, 2.75) is 44.0 Å². The lowest BCUT2D eigenvalue weighted by molar-refractivity contribution is -0.253. The summed E-state index contributed by atoms with van der Waals surface area (Å²) in [6, 6.07) is 10.3. The minimum absolute atomic E-state index is 0.0272. The predicted molar refractivity (Wildman–Crippen MR) is 130 cm³/mol. The van der Waals surface area contributed by atoms with Crippen molar-refractivity contribution in [3.05, 3.63) is 94.0 Å². The number of alkyl halides is 7. The van der Waals surface area contributed by atoms with Crippen molar-refractivity contribution in [3.63, 3.8) is 0 Å². The molecule has 40 heavy (non-hydrogen) atoms. The van der Waals surface area contributed by atoms with Gasteiger partial charge in [0.2, 0.25) is 0 Å². The first-order chi connectivity index (χ1) is 18.6. The average Bonchev–Trinajstić information content (AvgIpc) is 2.84. The molecular weight excluding hydrogens is 574 g/mol. The largest absolute Gasteiger partial charge is 0.461 e. The van der Waals surface area contributed by atoms with Gasteiger partial charge >= 0.3 is 24.7 Å². The quantitative estimate of drug-likeness (QED) is 0.245. The summed E-state index contributed by atoms with van der Waals surface area (Å²) >= 11 is 5.95. The second-order valence-electron chi connectivity index (χ2n) is 8.82. The normalized spacial score (nSPS) is 13.6. The van der Waals surface area contributed by atoms with Crippen LogP contribution in [0.3, 0.4) is 0 Å². The van der Waals surface area contributed by atoms with Crippen LogP contribution in [0.5, 0.6) is 5.75 Å². The number of nitrogens with one attached hydrogen (secondary N) is 2. The Bertz CT molecular complexity index is 1300. The Hall–Kier alpha value is -3.61. The van der Waals surface area contributed by atoms with Crippen LogP contribution in [0.15, 0.2) is 60.8 Å². The number of urea groups is 1. The Morgan fingerprint density at radius 1 is 1.02 bits per heavy atom. The minimum Gasteiger partial charge on any atom is -0.428 e. The fraction of sp³-hybridized carbons (Fsp3) is 0.308. The molecule has 2 amide bonds. The molecule has 0 unspecified atom stereocenters. The van der Waals surface area contributed by atoms with Gasteiger partial charge in [-0.3, -0.25) is 4.98 Å². The van der Waals surface area contributed by atoms with E-state index in [1.165, 1.54) is 18.3 Å². The zero-order valence-electron chi connectivity index (χ0n) is 20.6. The molecule has 0 fully saturated rings. The molecule has 3 aromatic rings. The molecule has 0 spiro atoms. The minimum atomic E-state index is -4.98. The number of aryl methyl sites for hydroxylation is 1. The molecule has 0 aliphatic heterocycles. The Kier molecular flexibility index (Phi) is 9.49. The number of halogens is 9. The van der Waals surface area contributed by atoms with E-state index in [9.17, 15) is 39.9 Å². The zero-order valence-corrected chi connectivity index (χ0v) is 21.4. The van der Waals surface area contributed by atoms with E-state index in [1.54, 1.807) is 31.2 Å². The summed E-state index contributed by atoms with van der Waals surface area (Å²) in [6.45, 7) is 0.978. The van der Waals surface area contributed by atoms with Gasteiger partial charge < -0.3 is 15.4 Å². The lowest BCUT2D eigenvalue weighted by atomic mass is 9.80. The third kappa shape index (κ3) is 8.20. The number of nitrogens with zero attached hydrogens (tertiary/aromatic N) is 1. The average molecular weight is 596 g/mol. The van der Waals surface area contributed by atoms with Crippen LogP contribution in [-0.4, -0.2) is 36.3 Å². The highest BCUT2D eigenvalue weighted by atomic mass is 35.5. The second-order valence-corrected chi connectivity index (χ2v) is 9.25. The number of aromatic nitrogens is 1. The van der Waals surface area contributed by atoms with Crippen LogP contribution < -0.4 is 15.4 Å². The maximum atomic E-state index is 14.8. The first-order valence-corrected chi connectivity index (χ1v) is 11.9. The number of carbonyl (C=O) groups excluding carboxylic acids is 1. The van der Waals surface area contributed by atoms with Gasteiger partial charge in [-0.25, -0.2) is 9.18 Å². The Morgan fingerprint density at radius 3 is 2.27 bits per heavy atom. The lowest BCUT2D eigenvalue weighted by Crippen LogP contribution is -2.53. The molecule has 3 rings (SSSR count). The van der Waals surface area contributed by atoms with E-state index in [-0.39, 0.29) is 22.7 Å². The number of rotatable bonds is 10. The van der Waals surface area contributed by atoms with Gasteiger partial charge in [0.25, 0.3) is 0 Å². The summed E-state index contributed by atoms with van der Waals surface area (Å²) in [6.07, 6.45) is -14.2. The first kappa shape index (κ1) is 30.9. The molecule has 14 heteroatoms. The van der Waals surface area contributed by atoms with Gasteiger partial charge in [0.1, 0.15) is 17.1 Å². The summed E-state index contributed by atoms with van der Waals surface area (Å²) in [5, 5.41) is 4.70. The van der Waals surface area contributed by atoms with Crippen molar-refractivity contribution >= 4 is 17.6 Å². The van der Waals surface area contributed by atoms with Crippen molar-refractivity contribution in [2.75, 3.05) is 6.54 Å². The van der Waals surface area contributed by atoms with E-state index in [4.69, 9.17) is 11.6 Å². The predicted octanol–water partition coefficient (Wildman–Crippen LogP) is 7.16. The Balaban J connectivity index is 2.18. The molecule has 1 atom stereocenters. The van der Waals surface area contributed by atoms with E-state index in [1.807, 2.05) is 0 Å². The molecule has 1 heterocycles. The highest BCUT2D eigenvalue weighted by molar-refractivity contribution is 6.30. The maximum Gasteiger partial charge on any atom is 0.461 e. The molecule has 0 aliphatic rings. The molecule has 1 aromatic heterocycles. The van der Waals surface area contributed by atoms with E-state index >= 15 is 0 Å². The zero-order chi connectivity index (χ0) is 29.7. The molecule has 216 valence electrons. The standard InChI is InChI=1S/C26H22ClF8N3O2/c1-15-2-4-16(5-3-15)13-24(21-7-6-18(27)14-37-21,38-23(39)36-9-8-25(31,32)33)17-10-19(28)12-20(11-17)40-26(34,35)22(29)30/h2-7,10-12,14,22H,8-9,13H2,1H3,(H2,36,38,39)/t24-/m0/s1. The van der Waals surface area contributed by atoms with Crippen LogP contribution in [0, 0.1) is 12.7 Å². The van der Waals surface area contributed by atoms with E-state index in [2.05, 4.69) is 20.4 Å². The van der Waals surface area contributed by atoms with Crippen LogP contribution in [0.1, 0.15) is 28.8 Å². The first-order valence-electron chi connectivity index (χ1n) is 11.6. The lowest BCUT2D eigenvalue weighted by Gasteiger charge is -2.36. The maximum absolute atomic E-state index is 14.8. The van der Waals surface area contributed by atoms with Crippen molar-refractivity contribution < 1.29 is 44.7 Å². The number of ether oxygens (including phenoxy) is 1. The van der Waals surface area contributed by atoms with Gasteiger partial charge in [-0.1, -0.05) is 41.4 Å². The molecule has 0 saturated carbocycles. The van der Waals surface area contributed by atoms with Gasteiger partial charge in [0.05, 0.1) is 17.1 Å². The SMILES string of the molecule is Cc1ccc(C[C@](NC(=O)NCCC(F)(F)F)(c2cc(F)cc(OC(F)(F)C(F)F)c2)c2ccc(Cl)cn2)cc1. The van der Waals surface area contributed by atoms with E-state index < -0.39 is 54.8 Å². The van der Waals surface area contributed by atoms with Crippen molar-refractivity contribution in [2.24, 2.45) is 0 Å². The van der Waals surface area contributed by atoms with E-state index in [0.29, 0.717) is 11.6 Å². The van der Waals surface area contributed by atoms with Crippen LogP contribution >= 0.6 is 11.6 Å². The smallest absolute Gasteiger partial charge is 0.428 e. The number of hydrogen-bond donors (Lipinski definition) is 2. The number of amides is 2. The Labute approximate surface area is 228 Å². The van der Waals surface area contributed by atoms with Crippen LogP contribution in [-0.2, 0) is 12.0 Å².